The minimum Gasteiger partial charge on any atom is -0.481 e. The summed E-state index contributed by atoms with van der Waals surface area (Å²) in [5, 5.41) is 8.49. The molecule has 0 atom stereocenters. The van der Waals surface area contributed by atoms with Crippen molar-refractivity contribution in [2.24, 2.45) is 0 Å². The maximum absolute atomic E-state index is 11.2. The minimum atomic E-state index is -0.820. The zero-order valence-electron chi connectivity index (χ0n) is 8.06. The van der Waals surface area contributed by atoms with Crippen molar-refractivity contribution in [1.82, 2.24) is 4.57 Å². The van der Waals surface area contributed by atoms with Gasteiger partial charge in [-0.3, -0.25) is 9.59 Å². The van der Waals surface area contributed by atoms with E-state index in [4.69, 9.17) is 5.11 Å². The number of carboxylic acids is 1. The molecule has 76 valence electrons. The zero-order chi connectivity index (χ0) is 10.6. The molecule has 4 heteroatoms. The molecule has 1 aromatic heterocycles. The molecule has 0 aromatic carbocycles. The molecule has 1 heterocycles. The molecule has 0 aliphatic rings. The number of aliphatic carboxylic acids is 1. The first-order chi connectivity index (χ1) is 6.63. The first-order valence-corrected chi connectivity index (χ1v) is 4.54. The molecule has 0 amide bonds. The Morgan fingerprint density at radius 1 is 1.50 bits per heavy atom. The quantitative estimate of drug-likeness (QED) is 0.776. The van der Waals surface area contributed by atoms with E-state index in [1.165, 1.54) is 6.07 Å². The fourth-order valence-corrected chi connectivity index (χ4v) is 1.23. The van der Waals surface area contributed by atoms with Gasteiger partial charge in [-0.2, -0.15) is 0 Å². The van der Waals surface area contributed by atoms with Crippen LogP contribution in [0.2, 0.25) is 0 Å². The molecule has 0 aliphatic heterocycles. The first-order valence-electron chi connectivity index (χ1n) is 4.54. The maximum atomic E-state index is 11.2. The molecule has 4 nitrogen and oxygen atoms in total. The number of nitrogens with zero attached hydrogens (tertiary/aromatic N) is 1. The van der Waals surface area contributed by atoms with Gasteiger partial charge in [0.05, 0.1) is 0 Å². The Morgan fingerprint density at radius 2 is 2.21 bits per heavy atom. The van der Waals surface area contributed by atoms with Crippen LogP contribution >= 0.6 is 0 Å². The molecule has 0 aliphatic carbocycles. The van der Waals surface area contributed by atoms with Gasteiger partial charge in [-0.25, -0.2) is 0 Å². The number of hydrogen-bond donors (Lipinski definition) is 1. The molecule has 1 aromatic rings. The SMILES string of the molecule is CCn1cc(CCC(=O)O)ccc1=O. The lowest BCUT2D eigenvalue weighted by Gasteiger charge is -2.04. The lowest BCUT2D eigenvalue weighted by molar-refractivity contribution is -0.136. The van der Waals surface area contributed by atoms with Gasteiger partial charge in [-0.1, -0.05) is 6.07 Å². The molecule has 0 saturated carbocycles. The highest BCUT2D eigenvalue weighted by atomic mass is 16.4. The Labute approximate surface area is 81.8 Å². The average molecular weight is 195 g/mol. The van der Waals surface area contributed by atoms with Crippen molar-refractivity contribution in [3.63, 3.8) is 0 Å². The van der Waals surface area contributed by atoms with Crippen molar-refractivity contribution >= 4 is 5.97 Å². The van der Waals surface area contributed by atoms with Gasteiger partial charge in [0.1, 0.15) is 0 Å². The van der Waals surface area contributed by atoms with E-state index < -0.39 is 5.97 Å². The molecule has 0 bridgehead atoms. The largest absolute Gasteiger partial charge is 0.481 e. The standard InChI is InChI=1S/C10H13NO3/c1-2-11-7-8(3-5-9(11)12)4-6-10(13)14/h3,5,7H,2,4,6H2,1H3,(H,13,14). The minimum absolute atomic E-state index is 0.0495. The second-order valence-corrected chi connectivity index (χ2v) is 3.06. The van der Waals surface area contributed by atoms with E-state index in [0.717, 1.165) is 5.56 Å². The highest BCUT2D eigenvalue weighted by Crippen LogP contribution is 2.00. The highest BCUT2D eigenvalue weighted by molar-refractivity contribution is 5.67. The number of carboxylic acid groups (broad SMARTS) is 1. The van der Waals surface area contributed by atoms with Crippen LogP contribution in [0.1, 0.15) is 18.9 Å². The summed E-state index contributed by atoms with van der Waals surface area (Å²) in [5.74, 6) is -0.820. The van der Waals surface area contributed by atoms with Gasteiger partial charge >= 0.3 is 5.97 Å². The van der Waals surface area contributed by atoms with E-state index in [0.29, 0.717) is 13.0 Å². The Bertz CT molecular complexity index is 381. The van der Waals surface area contributed by atoms with Gasteiger partial charge in [0, 0.05) is 25.2 Å². The van der Waals surface area contributed by atoms with E-state index in [9.17, 15) is 9.59 Å². The van der Waals surface area contributed by atoms with Crippen LogP contribution in [0.4, 0.5) is 0 Å². The molecule has 1 N–H and O–H groups in total. The van der Waals surface area contributed by atoms with Crippen LogP contribution in [0.3, 0.4) is 0 Å². The summed E-state index contributed by atoms with van der Waals surface area (Å²) in [7, 11) is 0. The van der Waals surface area contributed by atoms with Gasteiger partial charge in [-0.15, -0.1) is 0 Å². The molecule has 0 radical (unpaired) electrons. The van der Waals surface area contributed by atoms with Gasteiger partial charge in [0.25, 0.3) is 5.56 Å². The van der Waals surface area contributed by atoms with E-state index in [2.05, 4.69) is 0 Å². The topological polar surface area (TPSA) is 59.3 Å². The predicted molar refractivity (Wildman–Crippen MR) is 52.3 cm³/mol. The summed E-state index contributed by atoms with van der Waals surface area (Å²) in [6, 6.07) is 3.15. The lowest BCUT2D eigenvalue weighted by atomic mass is 10.1. The summed E-state index contributed by atoms with van der Waals surface area (Å²) < 4.78 is 1.57. The fraction of sp³-hybridized carbons (Fsp3) is 0.400. The monoisotopic (exact) mass is 195 g/mol. The summed E-state index contributed by atoms with van der Waals surface area (Å²) in [4.78, 5) is 21.5. The van der Waals surface area contributed by atoms with Crippen molar-refractivity contribution < 1.29 is 9.90 Å². The number of carbonyl (C=O) groups is 1. The Kier molecular flexibility index (Phi) is 3.45. The van der Waals surface area contributed by atoms with E-state index in [-0.39, 0.29) is 12.0 Å². The maximum Gasteiger partial charge on any atom is 0.303 e. The van der Waals surface area contributed by atoms with Gasteiger partial charge in [0.2, 0.25) is 0 Å². The summed E-state index contributed by atoms with van der Waals surface area (Å²) in [6.45, 7) is 2.49. The Hall–Kier alpha value is -1.58. The van der Waals surface area contributed by atoms with Crippen molar-refractivity contribution in [3.8, 4) is 0 Å². The van der Waals surface area contributed by atoms with Crippen LogP contribution in [0.15, 0.2) is 23.1 Å². The Morgan fingerprint density at radius 3 is 2.79 bits per heavy atom. The van der Waals surface area contributed by atoms with Crippen molar-refractivity contribution in [3.05, 3.63) is 34.2 Å². The van der Waals surface area contributed by atoms with Crippen LogP contribution in [0.5, 0.6) is 0 Å². The molecule has 0 saturated heterocycles. The second-order valence-electron chi connectivity index (χ2n) is 3.06. The number of aryl methyl sites for hydroxylation is 2. The molecular formula is C10H13NO3. The third-order valence-electron chi connectivity index (χ3n) is 2.01. The smallest absolute Gasteiger partial charge is 0.303 e. The number of pyridine rings is 1. The molecule has 0 spiro atoms. The van der Waals surface area contributed by atoms with Gasteiger partial charge in [0.15, 0.2) is 0 Å². The third kappa shape index (κ3) is 2.73. The first kappa shape index (κ1) is 10.5. The molecule has 1 rings (SSSR count). The number of aromatic nitrogens is 1. The normalized spacial score (nSPS) is 10.1. The van der Waals surface area contributed by atoms with Crippen LogP contribution in [-0.4, -0.2) is 15.6 Å². The molecule has 14 heavy (non-hydrogen) atoms. The van der Waals surface area contributed by atoms with Crippen molar-refractivity contribution in [2.45, 2.75) is 26.3 Å². The molecular weight excluding hydrogens is 182 g/mol. The van der Waals surface area contributed by atoms with E-state index in [1.54, 1.807) is 16.8 Å². The number of hydrogen-bond acceptors (Lipinski definition) is 2. The summed E-state index contributed by atoms with van der Waals surface area (Å²) in [5.41, 5.74) is 0.834. The van der Waals surface area contributed by atoms with E-state index in [1.807, 2.05) is 6.92 Å². The van der Waals surface area contributed by atoms with Crippen molar-refractivity contribution in [2.75, 3.05) is 0 Å². The van der Waals surface area contributed by atoms with Crippen molar-refractivity contribution in [1.29, 1.82) is 0 Å². The van der Waals surface area contributed by atoms with E-state index >= 15 is 0 Å². The predicted octanol–water partition coefficient (Wildman–Crippen LogP) is 0.885. The van der Waals surface area contributed by atoms with Crippen LogP contribution in [-0.2, 0) is 17.8 Å². The molecule has 0 fully saturated rings. The summed E-state index contributed by atoms with van der Waals surface area (Å²) in [6.07, 6.45) is 2.28. The molecule has 0 unspecified atom stereocenters. The van der Waals surface area contributed by atoms with Gasteiger partial charge in [-0.05, 0) is 18.9 Å². The zero-order valence-corrected chi connectivity index (χ0v) is 8.06. The third-order valence-corrected chi connectivity index (χ3v) is 2.01. The van der Waals surface area contributed by atoms with Gasteiger partial charge < -0.3 is 9.67 Å². The fourth-order valence-electron chi connectivity index (χ4n) is 1.23. The highest BCUT2D eigenvalue weighted by Gasteiger charge is 2.00. The summed E-state index contributed by atoms with van der Waals surface area (Å²) >= 11 is 0. The number of rotatable bonds is 4. The lowest BCUT2D eigenvalue weighted by Crippen LogP contribution is -2.17. The van der Waals surface area contributed by atoms with Crippen LogP contribution in [0.25, 0.3) is 0 Å². The second kappa shape index (κ2) is 4.60. The van der Waals surface area contributed by atoms with Crippen LogP contribution < -0.4 is 5.56 Å². The Balaban J connectivity index is 2.79. The average Bonchev–Trinajstić information content (AvgIpc) is 2.16. The van der Waals surface area contributed by atoms with Crippen LogP contribution in [0, 0.1) is 0 Å².